The van der Waals surface area contributed by atoms with Gasteiger partial charge in [0.05, 0.1) is 29.8 Å². The van der Waals surface area contributed by atoms with Crippen molar-refractivity contribution in [2.75, 3.05) is 33.9 Å². The average Bonchev–Trinajstić information content (AvgIpc) is 2.85. The molecule has 2 heterocycles. The molecule has 2 rings (SSSR count). The van der Waals surface area contributed by atoms with Crippen LogP contribution in [0, 0.1) is 12.3 Å². The van der Waals surface area contributed by atoms with Crippen molar-refractivity contribution in [2.24, 2.45) is 5.41 Å². The first-order chi connectivity index (χ1) is 9.59. The Hall–Kier alpha value is -0.980. The minimum atomic E-state index is -0.368. The fraction of sp³-hybridized carbons (Fsp3) is 0.714. The quantitative estimate of drug-likeness (QED) is 0.893. The number of nitrogens with one attached hydrogen (secondary N) is 1. The van der Waals surface area contributed by atoms with E-state index in [4.69, 9.17) is 4.74 Å². The summed E-state index contributed by atoms with van der Waals surface area (Å²) in [5.74, 6) is 0.189. The average molecular weight is 297 g/mol. The standard InChI is InChI=1S/C14H23N3O2S/c1-11-12(20-10-16-11)8-17(2)13(18)14(9-19-3)4-6-15-7-5-14/h10,15H,4-9H2,1-3H3. The van der Waals surface area contributed by atoms with Crippen LogP contribution in [0.4, 0.5) is 0 Å². The predicted octanol–water partition coefficient (Wildman–Crippen LogP) is 1.43. The van der Waals surface area contributed by atoms with Gasteiger partial charge in [-0.2, -0.15) is 0 Å². The molecule has 1 saturated heterocycles. The molecule has 5 nitrogen and oxygen atoms in total. The maximum Gasteiger partial charge on any atom is 0.231 e. The Morgan fingerprint density at radius 1 is 1.55 bits per heavy atom. The number of rotatable bonds is 5. The van der Waals surface area contributed by atoms with Crippen molar-refractivity contribution in [1.29, 1.82) is 0 Å². The summed E-state index contributed by atoms with van der Waals surface area (Å²) in [4.78, 5) is 20.1. The van der Waals surface area contributed by atoms with Crippen molar-refractivity contribution in [3.63, 3.8) is 0 Å². The zero-order valence-corrected chi connectivity index (χ0v) is 13.3. The predicted molar refractivity (Wildman–Crippen MR) is 79.7 cm³/mol. The Labute approximate surface area is 124 Å². The van der Waals surface area contributed by atoms with Crippen LogP contribution in [0.25, 0.3) is 0 Å². The molecule has 0 saturated carbocycles. The lowest BCUT2D eigenvalue weighted by molar-refractivity contribution is -0.146. The third kappa shape index (κ3) is 3.19. The molecule has 0 unspecified atom stereocenters. The second kappa shape index (κ2) is 6.65. The van der Waals surface area contributed by atoms with Gasteiger partial charge < -0.3 is 15.0 Å². The van der Waals surface area contributed by atoms with Crippen LogP contribution in [0.5, 0.6) is 0 Å². The van der Waals surface area contributed by atoms with Crippen LogP contribution in [0.15, 0.2) is 5.51 Å². The number of aryl methyl sites for hydroxylation is 1. The van der Waals surface area contributed by atoms with Gasteiger partial charge in [0.1, 0.15) is 0 Å². The summed E-state index contributed by atoms with van der Waals surface area (Å²) in [5, 5.41) is 3.31. The zero-order valence-electron chi connectivity index (χ0n) is 12.4. The number of carbonyl (C=O) groups is 1. The van der Waals surface area contributed by atoms with Gasteiger partial charge in [0.15, 0.2) is 0 Å². The normalized spacial score (nSPS) is 17.9. The fourth-order valence-electron chi connectivity index (χ4n) is 2.77. The number of amides is 1. The molecule has 112 valence electrons. The molecular weight excluding hydrogens is 274 g/mol. The van der Waals surface area contributed by atoms with Gasteiger partial charge in [0.25, 0.3) is 0 Å². The summed E-state index contributed by atoms with van der Waals surface area (Å²) >= 11 is 1.61. The molecule has 0 aliphatic carbocycles. The molecule has 0 spiro atoms. The molecule has 0 aromatic carbocycles. The Balaban J connectivity index is 2.08. The number of aromatic nitrogens is 1. The van der Waals surface area contributed by atoms with Crippen molar-refractivity contribution in [1.82, 2.24) is 15.2 Å². The topological polar surface area (TPSA) is 54.5 Å². The molecule has 1 aromatic heterocycles. The number of hydrogen-bond acceptors (Lipinski definition) is 5. The third-order valence-electron chi connectivity index (χ3n) is 4.01. The van der Waals surface area contributed by atoms with Gasteiger partial charge >= 0.3 is 0 Å². The second-order valence-electron chi connectivity index (χ2n) is 5.49. The highest BCUT2D eigenvalue weighted by Gasteiger charge is 2.41. The van der Waals surface area contributed by atoms with Gasteiger partial charge in [-0.25, -0.2) is 4.98 Å². The lowest BCUT2D eigenvalue weighted by atomic mass is 9.78. The van der Waals surface area contributed by atoms with Crippen LogP contribution >= 0.6 is 11.3 Å². The molecule has 0 radical (unpaired) electrons. The molecule has 6 heteroatoms. The van der Waals surface area contributed by atoms with Crippen LogP contribution in [0.2, 0.25) is 0 Å². The summed E-state index contributed by atoms with van der Waals surface area (Å²) in [5.41, 5.74) is 2.48. The van der Waals surface area contributed by atoms with Crippen LogP contribution in [0.3, 0.4) is 0 Å². The van der Waals surface area contributed by atoms with Crippen molar-refractivity contribution in [3.8, 4) is 0 Å². The van der Waals surface area contributed by atoms with Crippen LogP contribution in [-0.4, -0.2) is 49.6 Å². The van der Waals surface area contributed by atoms with E-state index in [2.05, 4.69) is 10.3 Å². The number of nitrogens with zero attached hydrogens (tertiary/aromatic N) is 2. The van der Waals surface area contributed by atoms with Crippen LogP contribution in [0.1, 0.15) is 23.4 Å². The van der Waals surface area contributed by atoms with E-state index in [1.807, 2.05) is 24.4 Å². The molecule has 0 bridgehead atoms. The first-order valence-electron chi connectivity index (χ1n) is 6.93. The van der Waals surface area contributed by atoms with E-state index >= 15 is 0 Å². The lowest BCUT2D eigenvalue weighted by Crippen LogP contribution is -2.50. The van der Waals surface area contributed by atoms with Gasteiger partial charge in [-0.1, -0.05) is 0 Å². The Morgan fingerprint density at radius 3 is 2.80 bits per heavy atom. The molecule has 1 aliphatic heterocycles. The summed E-state index contributed by atoms with van der Waals surface area (Å²) < 4.78 is 5.33. The summed E-state index contributed by atoms with van der Waals surface area (Å²) in [7, 11) is 3.55. The molecule has 20 heavy (non-hydrogen) atoms. The molecule has 1 aromatic rings. The third-order valence-corrected chi connectivity index (χ3v) is 4.93. The first kappa shape index (κ1) is 15.4. The van der Waals surface area contributed by atoms with E-state index in [9.17, 15) is 4.79 Å². The Kier molecular flexibility index (Phi) is 5.12. The van der Waals surface area contributed by atoms with Gasteiger partial charge in [0, 0.05) is 19.0 Å². The highest BCUT2D eigenvalue weighted by Crippen LogP contribution is 2.32. The smallest absolute Gasteiger partial charge is 0.231 e. The molecule has 1 N–H and O–H groups in total. The highest BCUT2D eigenvalue weighted by atomic mass is 32.1. The van der Waals surface area contributed by atoms with Crippen LogP contribution in [-0.2, 0) is 16.1 Å². The zero-order chi connectivity index (χ0) is 14.6. The maximum absolute atomic E-state index is 12.8. The van der Waals surface area contributed by atoms with E-state index in [1.165, 1.54) is 0 Å². The van der Waals surface area contributed by atoms with Gasteiger partial charge in [-0.3, -0.25) is 4.79 Å². The van der Waals surface area contributed by atoms with E-state index in [0.717, 1.165) is 36.5 Å². The van der Waals surface area contributed by atoms with Gasteiger partial charge in [-0.15, -0.1) is 11.3 Å². The van der Waals surface area contributed by atoms with Crippen molar-refractivity contribution < 1.29 is 9.53 Å². The number of methoxy groups -OCH3 is 1. The van der Waals surface area contributed by atoms with E-state index in [-0.39, 0.29) is 11.3 Å². The first-order valence-corrected chi connectivity index (χ1v) is 7.81. The van der Waals surface area contributed by atoms with Gasteiger partial charge in [0.2, 0.25) is 5.91 Å². The number of carbonyl (C=O) groups excluding carboxylic acids is 1. The van der Waals surface area contributed by atoms with Crippen molar-refractivity contribution in [2.45, 2.75) is 26.3 Å². The second-order valence-corrected chi connectivity index (χ2v) is 6.42. The minimum absolute atomic E-state index is 0.189. The summed E-state index contributed by atoms with van der Waals surface area (Å²) in [6.45, 7) is 4.87. The number of piperidine rings is 1. The number of hydrogen-bond donors (Lipinski definition) is 1. The van der Waals surface area contributed by atoms with Crippen molar-refractivity contribution >= 4 is 17.2 Å². The summed E-state index contributed by atoms with van der Waals surface area (Å²) in [6, 6.07) is 0. The molecule has 1 fully saturated rings. The Morgan fingerprint density at radius 2 is 2.25 bits per heavy atom. The molecule has 0 atom stereocenters. The van der Waals surface area contributed by atoms with E-state index in [0.29, 0.717) is 13.2 Å². The number of ether oxygens (including phenoxy) is 1. The maximum atomic E-state index is 12.8. The highest BCUT2D eigenvalue weighted by molar-refractivity contribution is 7.09. The largest absolute Gasteiger partial charge is 0.384 e. The van der Waals surface area contributed by atoms with Crippen LogP contribution < -0.4 is 5.32 Å². The molecule has 1 amide bonds. The van der Waals surface area contributed by atoms with E-state index < -0.39 is 0 Å². The number of thiazole rings is 1. The Bertz CT molecular complexity index is 450. The van der Waals surface area contributed by atoms with Crippen molar-refractivity contribution in [3.05, 3.63) is 16.1 Å². The van der Waals surface area contributed by atoms with E-state index in [1.54, 1.807) is 18.4 Å². The monoisotopic (exact) mass is 297 g/mol. The minimum Gasteiger partial charge on any atom is -0.384 e. The lowest BCUT2D eigenvalue weighted by Gasteiger charge is -2.38. The van der Waals surface area contributed by atoms with Gasteiger partial charge in [-0.05, 0) is 32.9 Å². The molecular formula is C14H23N3O2S. The fourth-order valence-corrected chi connectivity index (χ4v) is 3.60. The summed E-state index contributed by atoms with van der Waals surface area (Å²) in [6.07, 6.45) is 1.68. The molecule has 1 aliphatic rings. The SMILES string of the molecule is COCC1(C(=O)N(C)Cc2scnc2C)CCNCC1.